The molecule has 0 spiro atoms. The third-order valence-electron chi connectivity index (χ3n) is 5.71. The lowest BCUT2D eigenvalue weighted by Gasteiger charge is -2.23. The Morgan fingerprint density at radius 3 is 2.59 bits per heavy atom. The molecule has 0 radical (unpaired) electrons. The van der Waals surface area contributed by atoms with Crippen LogP contribution in [0.25, 0.3) is 21.3 Å². The predicted octanol–water partition coefficient (Wildman–Crippen LogP) is 5.80. The predicted molar refractivity (Wildman–Crippen MR) is 129 cm³/mol. The Morgan fingerprint density at radius 1 is 1.09 bits per heavy atom. The molecule has 3 aromatic carbocycles. The minimum atomic E-state index is -0.0638. The minimum absolute atomic E-state index is 0.0316. The molecule has 1 saturated heterocycles. The highest BCUT2D eigenvalue weighted by molar-refractivity contribution is 7.22. The van der Waals surface area contributed by atoms with Crippen LogP contribution in [0.3, 0.4) is 0 Å². The van der Waals surface area contributed by atoms with E-state index in [0.29, 0.717) is 17.2 Å². The molecule has 0 aliphatic carbocycles. The maximum atomic E-state index is 13.6. The Bertz CT molecular complexity index is 1220. The molecule has 0 N–H and O–H groups in total. The number of ether oxygens (including phenoxy) is 2. The lowest BCUT2D eigenvalue weighted by molar-refractivity contribution is 0.0917. The molecule has 32 heavy (non-hydrogen) atoms. The van der Waals surface area contributed by atoms with Crippen LogP contribution in [0.15, 0.2) is 72.8 Å². The monoisotopic (exact) mass is 444 g/mol. The molecule has 2 heterocycles. The van der Waals surface area contributed by atoms with Gasteiger partial charge < -0.3 is 9.47 Å². The third-order valence-corrected chi connectivity index (χ3v) is 6.75. The Labute approximate surface area is 191 Å². The van der Waals surface area contributed by atoms with Crippen LogP contribution in [0.5, 0.6) is 5.75 Å². The first-order valence-corrected chi connectivity index (χ1v) is 11.6. The molecule has 1 atom stereocenters. The van der Waals surface area contributed by atoms with Crippen LogP contribution in [-0.2, 0) is 4.74 Å². The number of thiazole rings is 1. The molecule has 0 saturated carbocycles. The van der Waals surface area contributed by atoms with Crippen molar-refractivity contribution in [3.8, 4) is 16.9 Å². The van der Waals surface area contributed by atoms with Gasteiger partial charge in [-0.15, -0.1) is 0 Å². The smallest absolute Gasteiger partial charge is 0.260 e. The first kappa shape index (κ1) is 20.7. The number of aromatic nitrogens is 1. The summed E-state index contributed by atoms with van der Waals surface area (Å²) >= 11 is 1.50. The van der Waals surface area contributed by atoms with E-state index in [9.17, 15) is 4.79 Å². The van der Waals surface area contributed by atoms with Crippen LogP contribution in [0.2, 0.25) is 0 Å². The van der Waals surface area contributed by atoms with E-state index in [2.05, 4.69) is 12.1 Å². The number of methoxy groups -OCH3 is 1. The average Bonchev–Trinajstić information content (AvgIpc) is 3.52. The molecule has 6 heteroatoms. The number of carbonyl (C=O) groups is 1. The molecule has 1 fully saturated rings. The van der Waals surface area contributed by atoms with E-state index in [1.54, 1.807) is 12.0 Å². The summed E-state index contributed by atoms with van der Waals surface area (Å²) in [5.74, 6) is 0.715. The number of hydrogen-bond donors (Lipinski definition) is 0. The van der Waals surface area contributed by atoms with Crippen molar-refractivity contribution in [1.82, 2.24) is 4.98 Å². The summed E-state index contributed by atoms with van der Waals surface area (Å²) in [6.07, 6.45) is 2.01. The topological polar surface area (TPSA) is 51.7 Å². The van der Waals surface area contributed by atoms with Gasteiger partial charge in [-0.1, -0.05) is 53.8 Å². The van der Waals surface area contributed by atoms with E-state index in [1.807, 2.05) is 60.7 Å². The van der Waals surface area contributed by atoms with Crippen molar-refractivity contribution < 1.29 is 14.3 Å². The zero-order valence-electron chi connectivity index (χ0n) is 17.9. The average molecular weight is 445 g/mol. The number of benzene rings is 3. The standard InChI is InChI=1S/C26H24N2O3S/c1-30-21-13-14-23-24(16-21)32-26(27-23)28(17-22-8-5-15-31-22)25(29)20-11-9-19(10-12-20)18-6-3-2-4-7-18/h2-4,6-7,9-14,16,22H,5,8,15,17H2,1H3. The molecule has 162 valence electrons. The first-order valence-electron chi connectivity index (χ1n) is 10.7. The van der Waals surface area contributed by atoms with Gasteiger partial charge in [-0.25, -0.2) is 4.98 Å². The quantitative estimate of drug-likeness (QED) is 0.377. The van der Waals surface area contributed by atoms with Crippen molar-refractivity contribution in [3.05, 3.63) is 78.4 Å². The van der Waals surface area contributed by atoms with Crippen molar-refractivity contribution in [2.24, 2.45) is 0 Å². The van der Waals surface area contributed by atoms with Crippen molar-refractivity contribution >= 4 is 32.6 Å². The van der Waals surface area contributed by atoms with Gasteiger partial charge in [-0.3, -0.25) is 9.69 Å². The number of rotatable bonds is 6. The number of nitrogens with zero attached hydrogens (tertiary/aromatic N) is 2. The van der Waals surface area contributed by atoms with Crippen molar-refractivity contribution in [1.29, 1.82) is 0 Å². The zero-order chi connectivity index (χ0) is 21.9. The fourth-order valence-electron chi connectivity index (χ4n) is 3.97. The van der Waals surface area contributed by atoms with Gasteiger partial charge in [0, 0.05) is 12.2 Å². The summed E-state index contributed by atoms with van der Waals surface area (Å²) < 4.78 is 12.2. The second-order valence-electron chi connectivity index (χ2n) is 7.82. The maximum absolute atomic E-state index is 13.6. The summed E-state index contributed by atoms with van der Waals surface area (Å²) in [6, 6.07) is 23.7. The SMILES string of the molecule is COc1ccc2nc(N(CC3CCCO3)C(=O)c3ccc(-c4ccccc4)cc3)sc2c1. The van der Waals surface area contributed by atoms with Gasteiger partial charge in [0.25, 0.3) is 5.91 Å². The zero-order valence-corrected chi connectivity index (χ0v) is 18.7. The molecule has 5 nitrogen and oxygen atoms in total. The molecule has 1 aliphatic heterocycles. The van der Waals surface area contributed by atoms with Gasteiger partial charge in [0.2, 0.25) is 0 Å². The van der Waals surface area contributed by atoms with Crippen molar-refractivity contribution in [3.63, 3.8) is 0 Å². The lowest BCUT2D eigenvalue weighted by atomic mass is 10.0. The van der Waals surface area contributed by atoms with Crippen LogP contribution in [0.1, 0.15) is 23.2 Å². The molecule has 1 unspecified atom stereocenters. The largest absolute Gasteiger partial charge is 0.497 e. The second kappa shape index (κ2) is 9.10. The highest BCUT2D eigenvalue weighted by Crippen LogP contribution is 2.33. The van der Waals surface area contributed by atoms with E-state index < -0.39 is 0 Å². The van der Waals surface area contributed by atoms with Gasteiger partial charge >= 0.3 is 0 Å². The molecule has 1 aromatic heterocycles. The van der Waals surface area contributed by atoms with E-state index in [1.165, 1.54) is 11.3 Å². The van der Waals surface area contributed by atoms with Gasteiger partial charge in [0.1, 0.15) is 5.75 Å². The van der Waals surface area contributed by atoms with E-state index in [4.69, 9.17) is 14.5 Å². The Hall–Kier alpha value is -3.22. The van der Waals surface area contributed by atoms with Gasteiger partial charge in [0.15, 0.2) is 5.13 Å². The third kappa shape index (κ3) is 4.24. The van der Waals surface area contributed by atoms with Gasteiger partial charge in [0.05, 0.1) is 30.0 Å². The normalized spacial score (nSPS) is 15.7. The van der Waals surface area contributed by atoms with Crippen molar-refractivity contribution in [2.45, 2.75) is 18.9 Å². The van der Waals surface area contributed by atoms with Crippen LogP contribution in [0.4, 0.5) is 5.13 Å². The molecular weight excluding hydrogens is 420 g/mol. The second-order valence-corrected chi connectivity index (χ2v) is 8.83. The molecule has 5 rings (SSSR count). The fraction of sp³-hybridized carbons (Fsp3) is 0.231. The summed E-state index contributed by atoms with van der Waals surface area (Å²) in [5, 5.41) is 0.681. The van der Waals surface area contributed by atoms with Crippen LogP contribution >= 0.6 is 11.3 Å². The Kier molecular flexibility index (Phi) is 5.88. The molecule has 4 aromatic rings. The van der Waals surface area contributed by atoms with Crippen LogP contribution in [-0.4, -0.2) is 37.3 Å². The Morgan fingerprint density at radius 2 is 1.88 bits per heavy atom. The van der Waals surface area contributed by atoms with E-state index in [0.717, 1.165) is 46.5 Å². The summed E-state index contributed by atoms with van der Waals surface area (Å²) in [4.78, 5) is 20.1. The Balaban J connectivity index is 1.46. The molecular formula is C26H24N2O3S. The van der Waals surface area contributed by atoms with Gasteiger partial charge in [-0.2, -0.15) is 0 Å². The molecule has 0 bridgehead atoms. The van der Waals surface area contributed by atoms with E-state index in [-0.39, 0.29) is 12.0 Å². The fourth-order valence-corrected chi connectivity index (χ4v) is 4.97. The first-order chi connectivity index (χ1) is 15.7. The number of anilines is 1. The highest BCUT2D eigenvalue weighted by Gasteiger charge is 2.27. The number of fused-ring (bicyclic) bond motifs is 1. The van der Waals surface area contributed by atoms with Crippen LogP contribution in [0, 0.1) is 0 Å². The summed E-state index contributed by atoms with van der Waals surface area (Å²) in [6.45, 7) is 1.24. The number of carbonyl (C=O) groups excluding carboxylic acids is 1. The summed E-state index contributed by atoms with van der Waals surface area (Å²) in [5.41, 5.74) is 3.71. The summed E-state index contributed by atoms with van der Waals surface area (Å²) in [7, 11) is 1.65. The van der Waals surface area contributed by atoms with Gasteiger partial charge in [-0.05, 0) is 54.3 Å². The minimum Gasteiger partial charge on any atom is -0.497 e. The molecule has 1 aliphatic rings. The number of amides is 1. The van der Waals surface area contributed by atoms with E-state index >= 15 is 0 Å². The number of hydrogen-bond acceptors (Lipinski definition) is 5. The van der Waals surface area contributed by atoms with Crippen LogP contribution < -0.4 is 9.64 Å². The highest BCUT2D eigenvalue weighted by atomic mass is 32.1. The van der Waals surface area contributed by atoms with Crippen molar-refractivity contribution in [2.75, 3.05) is 25.2 Å². The maximum Gasteiger partial charge on any atom is 0.260 e. The lowest BCUT2D eigenvalue weighted by Crippen LogP contribution is -2.37. The molecule has 1 amide bonds.